The summed E-state index contributed by atoms with van der Waals surface area (Å²) in [4.78, 5) is 12.0. The minimum absolute atomic E-state index is 0.0826. The fourth-order valence-electron chi connectivity index (χ4n) is 1.99. The molecule has 2 aromatic carbocycles. The molecule has 122 valence electrons. The zero-order valence-corrected chi connectivity index (χ0v) is 13.6. The third kappa shape index (κ3) is 6.12. The fourth-order valence-corrected chi connectivity index (χ4v) is 1.99. The van der Waals surface area contributed by atoms with Gasteiger partial charge in [-0.15, -0.1) is 0 Å². The molecule has 0 aliphatic carbocycles. The van der Waals surface area contributed by atoms with E-state index in [4.69, 9.17) is 9.47 Å². The Morgan fingerprint density at radius 3 is 2.30 bits per heavy atom. The van der Waals surface area contributed by atoms with Crippen LogP contribution in [-0.2, 0) is 4.74 Å². The zero-order valence-electron chi connectivity index (χ0n) is 13.6. The molecule has 1 amide bonds. The van der Waals surface area contributed by atoms with E-state index >= 15 is 0 Å². The standard InChI is InChI=1S/C19H23NO3/c1-15(2)22-14-6-13-20-19(21)16-9-11-18(12-10-16)23-17-7-4-3-5-8-17/h3-5,7-12,15H,6,13-14H2,1-2H3,(H,20,21). The smallest absolute Gasteiger partial charge is 0.251 e. The highest BCUT2D eigenvalue weighted by molar-refractivity contribution is 5.94. The van der Waals surface area contributed by atoms with Crippen LogP contribution in [0.4, 0.5) is 0 Å². The summed E-state index contributed by atoms with van der Waals surface area (Å²) in [7, 11) is 0. The van der Waals surface area contributed by atoms with Crippen LogP contribution in [0.1, 0.15) is 30.6 Å². The molecule has 0 saturated heterocycles. The molecule has 0 spiro atoms. The van der Waals surface area contributed by atoms with Crippen molar-refractivity contribution in [2.75, 3.05) is 13.2 Å². The lowest BCUT2D eigenvalue weighted by atomic mass is 10.2. The Balaban J connectivity index is 1.78. The molecule has 0 fully saturated rings. The van der Waals surface area contributed by atoms with Gasteiger partial charge in [0.2, 0.25) is 0 Å². The molecule has 1 N–H and O–H groups in total. The van der Waals surface area contributed by atoms with E-state index in [1.165, 1.54) is 0 Å². The van der Waals surface area contributed by atoms with Crippen LogP contribution >= 0.6 is 0 Å². The number of benzene rings is 2. The molecule has 0 atom stereocenters. The van der Waals surface area contributed by atoms with E-state index in [1.54, 1.807) is 24.3 Å². The number of nitrogens with one attached hydrogen (secondary N) is 1. The van der Waals surface area contributed by atoms with E-state index in [9.17, 15) is 4.79 Å². The summed E-state index contributed by atoms with van der Waals surface area (Å²) in [6.45, 7) is 5.25. The maximum atomic E-state index is 12.0. The van der Waals surface area contributed by atoms with Crippen LogP contribution in [0.5, 0.6) is 11.5 Å². The molecular formula is C19H23NO3. The molecule has 0 aliphatic rings. The van der Waals surface area contributed by atoms with Crippen LogP contribution in [0.15, 0.2) is 54.6 Å². The Morgan fingerprint density at radius 1 is 1.00 bits per heavy atom. The Kier molecular flexibility index (Phi) is 6.63. The van der Waals surface area contributed by atoms with Gasteiger partial charge in [0.25, 0.3) is 5.91 Å². The molecule has 0 unspecified atom stereocenters. The highest BCUT2D eigenvalue weighted by Gasteiger charge is 2.05. The van der Waals surface area contributed by atoms with Crippen molar-refractivity contribution in [1.29, 1.82) is 0 Å². The molecule has 23 heavy (non-hydrogen) atoms. The second-order valence-corrected chi connectivity index (χ2v) is 5.47. The van der Waals surface area contributed by atoms with Gasteiger partial charge in [0.05, 0.1) is 6.10 Å². The first-order chi connectivity index (χ1) is 11.1. The lowest BCUT2D eigenvalue weighted by Gasteiger charge is -2.09. The fraction of sp³-hybridized carbons (Fsp3) is 0.316. The second-order valence-electron chi connectivity index (χ2n) is 5.47. The van der Waals surface area contributed by atoms with Gasteiger partial charge >= 0.3 is 0 Å². The summed E-state index contributed by atoms with van der Waals surface area (Å²) in [6.07, 6.45) is 1.03. The summed E-state index contributed by atoms with van der Waals surface area (Å²) in [5.41, 5.74) is 0.621. The van der Waals surface area contributed by atoms with E-state index in [0.29, 0.717) is 24.5 Å². The second kappa shape index (κ2) is 8.96. The highest BCUT2D eigenvalue weighted by atomic mass is 16.5. The van der Waals surface area contributed by atoms with Crippen LogP contribution in [0.25, 0.3) is 0 Å². The summed E-state index contributed by atoms with van der Waals surface area (Å²) in [5.74, 6) is 1.40. The summed E-state index contributed by atoms with van der Waals surface area (Å²) >= 11 is 0. The van der Waals surface area contributed by atoms with Gasteiger partial charge in [0.15, 0.2) is 0 Å². The van der Waals surface area contributed by atoms with E-state index < -0.39 is 0 Å². The number of carbonyl (C=O) groups is 1. The van der Waals surface area contributed by atoms with Crippen molar-refractivity contribution in [2.24, 2.45) is 0 Å². The average Bonchev–Trinajstić information content (AvgIpc) is 2.56. The van der Waals surface area contributed by atoms with Gasteiger partial charge in [-0.25, -0.2) is 0 Å². The van der Waals surface area contributed by atoms with Crippen LogP contribution in [0.3, 0.4) is 0 Å². The highest BCUT2D eigenvalue weighted by Crippen LogP contribution is 2.21. The Morgan fingerprint density at radius 2 is 1.65 bits per heavy atom. The largest absolute Gasteiger partial charge is 0.457 e. The minimum Gasteiger partial charge on any atom is -0.457 e. The third-order valence-corrected chi connectivity index (χ3v) is 3.15. The maximum absolute atomic E-state index is 12.0. The van der Waals surface area contributed by atoms with Crippen molar-refractivity contribution in [3.05, 3.63) is 60.2 Å². The molecule has 0 radical (unpaired) electrons. The van der Waals surface area contributed by atoms with E-state index in [0.717, 1.165) is 12.2 Å². The first-order valence-electron chi connectivity index (χ1n) is 7.88. The Hall–Kier alpha value is -2.33. The van der Waals surface area contributed by atoms with Crippen LogP contribution in [-0.4, -0.2) is 25.2 Å². The SMILES string of the molecule is CC(C)OCCCNC(=O)c1ccc(Oc2ccccc2)cc1. The predicted octanol–water partition coefficient (Wildman–Crippen LogP) is 4.02. The van der Waals surface area contributed by atoms with E-state index in [1.807, 2.05) is 44.2 Å². The molecule has 0 heterocycles. The van der Waals surface area contributed by atoms with Crippen LogP contribution in [0, 0.1) is 0 Å². The van der Waals surface area contributed by atoms with Gasteiger partial charge in [0.1, 0.15) is 11.5 Å². The van der Waals surface area contributed by atoms with Crippen molar-refractivity contribution in [2.45, 2.75) is 26.4 Å². The molecule has 2 rings (SSSR count). The first kappa shape index (κ1) is 17.0. The number of carbonyl (C=O) groups excluding carboxylic acids is 1. The van der Waals surface area contributed by atoms with Crippen LogP contribution < -0.4 is 10.1 Å². The first-order valence-corrected chi connectivity index (χ1v) is 7.88. The van der Waals surface area contributed by atoms with E-state index in [2.05, 4.69) is 5.32 Å². The number of amides is 1. The van der Waals surface area contributed by atoms with Crippen molar-refractivity contribution in [1.82, 2.24) is 5.32 Å². The quantitative estimate of drug-likeness (QED) is 0.749. The van der Waals surface area contributed by atoms with Gasteiger partial charge in [-0.1, -0.05) is 18.2 Å². The van der Waals surface area contributed by atoms with Gasteiger partial charge in [-0.2, -0.15) is 0 Å². The zero-order chi connectivity index (χ0) is 16.5. The number of para-hydroxylation sites is 1. The molecule has 2 aromatic rings. The summed E-state index contributed by atoms with van der Waals surface area (Å²) in [6, 6.07) is 16.7. The molecule has 0 saturated carbocycles. The van der Waals surface area contributed by atoms with E-state index in [-0.39, 0.29) is 12.0 Å². The topological polar surface area (TPSA) is 47.6 Å². The molecule has 4 nitrogen and oxygen atoms in total. The van der Waals surface area contributed by atoms with Crippen molar-refractivity contribution in [3.8, 4) is 11.5 Å². The van der Waals surface area contributed by atoms with Gasteiger partial charge < -0.3 is 14.8 Å². The van der Waals surface area contributed by atoms with Crippen molar-refractivity contribution in [3.63, 3.8) is 0 Å². The normalized spacial score (nSPS) is 10.6. The number of rotatable bonds is 8. The predicted molar refractivity (Wildman–Crippen MR) is 91.0 cm³/mol. The molecule has 0 bridgehead atoms. The number of hydrogen-bond acceptors (Lipinski definition) is 3. The monoisotopic (exact) mass is 313 g/mol. The molecule has 4 heteroatoms. The number of hydrogen-bond donors (Lipinski definition) is 1. The Labute approximate surface area is 137 Å². The third-order valence-electron chi connectivity index (χ3n) is 3.15. The lowest BCUT2D eigenvalue weighted by molar-refractivity contribution is 0.0757. The van der Waals surface area contributed by atoms with Gasteiger partial charge in [-0.05, 0) is 56.7 Å². The molecular weight excluding hydrogens is 290 g/mol. The van der Waals surface area contributed by atoms with Crippen LogP contribution in [0.2, 0.25) is 0 Å². The van der Waals surface area contributed by atoms with Gasteiger partial charge in [0, 0.05) is 18.7 Å². The van der Waals surface area contributed by atoms with Gasteiger partial charge in [-0.3, -0.25) is 4.79 Å². The minimum atomic E-state index is -0.0826. The molecule has 0 aliphatic heterocycles. The average molecular weight is 313 g/mol. The Bertz CT molecular complexity index is 594. The maximum Gasteiger partial charge on any atom is 0.251 e. The van der Waals surface area contributed by atoms with Crippen molar-refractivity contribution >= 4 is 5.91 Å². The lowest BCUT2D eigenvalue weighted by Crippen LogP contribution is -2.25. The summed E-state index contributed by atoms with van der Waals surface area (Å²) in [5, 5.41) is 2.88. The summed E-state index contributed by atoms with van der Waals surface area (Å²) < 4.78 is 11.1. The number of ether oxygens (including phenoxy) is 2. The van der Waals surface area contributed by atoms with Crippen molar-refractivity contribution < 1.29 is 14.3 Å². The molecule has 0 aromatic heterocycles.